The summed E-state index contributed by atoms with van der Waals surface area (Å²) in [5.74, 6) is 2.21. The zero-order chi connectivity index (χ0) is 16.9. The second-order valence-corrected chi connectivity index (χ2v) is 6.41. The summed E-state index contributed by atoms with van der Waals surface area (Å²) in [7, 11) is 1.73. The molecule has 0 fully saturated rings. The van der Waals surface area contributed by atoms with Crippen molar-refractivity contribution in [1.29, 1.82) is 0 Å². The Morgan fingerprint density at radius 2 is 1.92 bits per heavy atom. The van der Waals surface area contributed by atoms with Gasteiger partial charge in [-0.05, 0) is 18.6 Å². The van der Waals surface area contributed by atoms with Crippen molar-refractivity contribution >= 4 is 29.9 Å². The van der Waals surface area contributed by atoms with Crippen molar-refractivity contribution in [3.05, 3.63) is 47.4 Å². The van der Waals surface area contributed by atoms with E-state index in [-0.39, 0.29) is 29.4 Å². The lowest BCUT2D eigenvalue weighted by atomic mass is 9.94. The van der Waals surface area contributed by atoms with Gasteiger partial charge in [-0.3, -0.25) is 9.98 Å². The summed E-state index contributed by atoms with van der Waals surface area (Å²) < 4.78 is 5.76. The lowest BCUT2D eigenvalue weighted by molar-refractivity contribution is 0.379. The van der Waals surface area contributed by atoms with E-state index in [1.165, 1.54) is 0 Å². The van der Waals surface area contributed by atoms with Crippen molar-refractivity contribution in [3.8, 4) is 0 Å². The van der Waals surface area contributed by atoms with Crippen LogP contribution in [0.2, 0.25) is 0 Å². The van der Waals surface area contributed by atoms with E-state index in [0.29, 0.717) is 24.9 Å². The van der Waals surface area contributed by atoms with Gasteiger partial charge in [0.2, 0.25) is 5.89 Å². The first kappa shape index (κ1) is 20.4. The topological polar surface area (TPSA) is 75.3 Å². The molecule has 2 aromatic rings. The Kier molecular flexibility index (Phi) is 7.65. The van der Waals surface area contributed by atoms with E-state index in [0.717, 1.165) is 17.0 Å². The molecule has 0 amide bonds. The Balaban J connectivity index is 0.00000288. The van der Waals surface area contributed by atoms with Crippen LogP contribution in [0, 0.1) is 6.92 Å². The molecule has 7 heteroatoms. The van der Waals surface area contributed by atoms with Gasteiger partial charge >= 0.3 is 0 Å². The summed E-state index contributed by atoms with van der Waals surface area (Å²) in [5.41, 5.74) is 2.11. The standard InChI is InChI=1S/C17H25N5O.HI/c1-12-7-6-8-19-13(12)9-21-16(18-5)22-11-15-20-10-14(23-15)17(2,3)4;/h6-8,10H,9,11H2,1-5H3,(H2,18,21,22);1H. The third kappa shape index (κ3) is 5.77. The van der Waals surface area contributed by atoms with E-state index < -0.39 is 0 Å². The minimum atomic E-state index is -0.0400. The number of nitrogens with one attached hydrogen (secondary N) is 2. The van der Waals surface area contributed by atoms with Gasteiger partial charge in [0.15, 0.2) is 5.96 Å². The Morgan fingerprint density at radius 3 is 2.50 bits per heavy atom. The van der Waals surface area contributed by atoms with Gasteiger partial charge in [0.1, 0.15) is 5.76 Å². The number of oxazole rings is 1. The highest BCUT2D eigenvalue weighted by molar-refractivity contribution is 14.0. The Bertz CT molecular complexity index is 676. The van der Waals surface area contributed by atoms with Crippen molar-refractivity contribution in [2.24, 2.45) is 4.99 Å². The molecule has 24 heavy (non-hydrogen) atoms. The summed E-state index contributed by atoms with van der Waals surface area (Å²) in [6.45, 7) is 9.43. The van der Waals surface area contributed by atoms with Crippen LogP contribution in [0.4, 0.5) is 0 Å². The van der Waals surface area contributed by atoms with Crippen LogP contribution in [0.1, 0.15) is 43.7 Å². The summed E-state index contributed by atoms with van der Waals surface area (Å²) in [6.07, 6.45) is 3.57. The highest BCUT2D eigenvalue weighted by Gasteiger charge is 2.19. The molecule has 6 nitrogen and oxygen atoms in total. The molecule has 2 N–H and O–H groups in total. The maximum atomic E-state index is 5.76. The van der Waals surface area contributed by atoms with Gasteiger partial charge in [0, 0.05) is 18.7 Å². The number of aromatic nitrogens is 2. The maximum absolute atomic E-state index is 5.76. The first-order valence-electron chi connectivity index (χ1n) is 7.70. The molecule has 0 bridgehead atoms. The Hall–Kier alpha value is -1.64. The summed E-state index contributed by atoms with van der Waals surface area (Å²) in [6, 6.07) is 3.97. The second kappa shape index (κ2) is 9.00. The van der Waals surface area contributed by atoms with Crippen molar-refractivity contribution in [2.75, 3.05) is 7.05 Å². The molecular weight excluding hydrogens is 417 g/mol. The molecule has 0 spiro atoms. The van der Waals surface area contributed by atoms with Crippen LogP contribution in [-0.4, -0.2) is 23.0 Å². The minimum Gasteiger partial charge on any atom is -0.443 e. The van der Waals surface area contributed by atoms with Gasteiger partial charge in [-0.1, -0.05) is 26.8 Å². The molecule has 2 rings (SSSR count). The normalized spacial score (nSPS) is 11.8. The number of halogens is 1. The van der Waals surface area contributed by atoms with E-state index >= 15 is 0 Å². The predicted octanol–water partition coefficient (Wildman–Crippen LogP) is 3.16. The highest BCUT2D eigenvalue weighted by Crippen LogP contribution is 2.22. The van der Waals surface area contributed by atoms with Gasteiger partial charge < -0.3 is 15.1 Å². The van der Waals surface area contributed by atoms with Crippen molar-refractivity contribution in [1.82, 2.24) is 20.6 Å². The molecule has 0 unspecified atom stereocenters. The second-order valence-electron chi connectivity index (χ2n) is 6.41. The van der Waals surface area contributed by atoms with E-state index in [1.807, 2.05) is 19.1 Å². The SMILES string of the molecule is CN=C(NCc1ncc(C(C)(C)C)o1)NCc1ncccc1C.I. The summed E-state index contributed by atoms with van der Waals surface area (Å²) >= 11 is 0. The summed E-state index contributed by atoms with van der Waals surface area (Å²) in [5, 5.41) is 6.44. The monoisotopic (exact) mass is 443 g/mol. The van der Waals surface area contributed by atoms with Gasteiger partial charge in [-0.25, -0.2) is 4.98 Å². The molecule has 0 saturated carbocycles. The quantitative estimate of drug-likeness (QED) is 0.432. The first-order valence-corrected chi connectivity index (χ1v) is 7.70. The third-order valence-corrected chi connectivity index (χ3v) is 3.46. The minimum absolute atomic E-state index is 0. The maximum Gasteiger partial charge on any atom is 0.213 e. The van der Waals surface area contributed by atoms with Gasteiger partial charge in [0.05, 0.1) is 25.0 Å². The van der Waals surface area contributed by atoms with Crippen LogP contribution in [0.5, 0.6) is 0 Å². The molecule has 0 atom stereocenters. The molecule has 2 aromatic heterocycles. The number of hydrogen-bond donors (Lipinski definition) is 2. The van der Waals surface area contributed by atoms with Crippen LogP contribution < -0.4 is 10.6 Å². The van der Waals surface area contributed by atoms with Gasteiger partial charge in [-0.2, -0.15) is 0 Å². The highest BCUT2D eigenvalue weighted by atomic mass is 127. The molecule has 0 aliphatic rings. The number of rotatable bonds is 4. The zero-order valence-electron chi connectivity index (χ0n) is 14.9. The average molecular weight is 443 g/mol. The number of pyridine rings is 1. The van der Waals surface area contributed by atoms with Crippen LogP contribution in [-0.2, 0) is 18.5 Å². The van der Waals surface area contributed by atoms with Crippen molar-refractivity contribution in [3.63, 3.8) is 0 Å². The molecule has 0 aliphatic heterocycles. The predicted molar refractivity (Wildman–Crippen MR) is 107 cm³/mol. The molecule has 0 radical (unpaired) electrons. The largest absolute Gasteiger partial charge is 0.443 e. The third-order valence-electron chi connectivity index (χ3n) is 3.46. The van der Waals surface area contributed by atoms with Crippen LogP contribution in [0.25, 0.3) is 0 Å². The molecule has 0 aliphatic carbocycles. The zero-order valence-corrected chi connectivity index (χ0v) is 17.2. The van der Waals surface area contributed by atoms with Gasteiger partial charge in [-0.15, -0.1) is 24.0 Å². The van der Waals surface area contributed by atoms with Gasteiger partial charge in [0.25, 0.3) is 0 Å². The summed E-state index contributed by atoms with van der Waals surface area (Å²) in [4.78, 5) is 12.9. The van der Waals surface area contributed by atoms with Crippen molar-refractivity contribution < 1.29 is 4.42 Å². The number of nitrogens with zero attached hydrogens (tertiary/aromatic N) is 3. The fraction of sp³-hybridized carbons (Fsp3) is 0.471. The first-order chi connectivity index (χ1) is 10.9. The van der Waals surface area contributed by atoms with E-state index in [1.54, 1.807) is 19.4 Å². The number of aryl methyl sites for hydroxylation is 1. The van der Waals surface area contributed by atoms with E-state index in [9.17, 15) is 0 Å². The number of hydrogen-bond acceptors (Lipinski definition) is 4. The number of guanidine groups is 1. The van der Waals surface area contributed by atoms with E-state index in [4.69, 9.17) is 4.42 Å². The molecule has 2 heterocycles. The molecule has 132 valence electrons. The Labute approximate surface area is 160 Å². The lowest BCUT2D eigenvalue weighted by Crippen LogP contribution is -2.36. The average Bonchev–Trinajstić information content (AvgIpc) is 2.98. The molecule has 0 aromatic carbocycles. The lowest BCUT2D eigenvalue weighted by Gasteiger charge is -2.13. The van der Waals surface area contributed by atoms with Crippen molar-refractivity contribution in [2.45, 2.75) is 46.2 Å². The molecular formula is C17H26IN5O. The Morgan fingerprint density at radius 1 is 1.21 bits per heavy atom. The van der Waals surface area contributed by atoms with Crippen LogP contribution >= 0.6 is 24.0 Å². The fourth-order valence-electron chi connectivity index (χ4n) is 1.99. The molecule has 0 saturated heterocycles. The van der Waals surface area contributed by atoms with E-state index in [2.05, 4.69) is 46.4 Å². The van der Waals surface area contributed by atoms with Crippen LogP contribution in [0.15, 0.2) is 33.9 Å². The number of aliphatic imine (C=N–C) groups is 1. The van der Waals surface area contributed by atoms with Crippen LogP contribution in [0.3, 0.4) is 0 Å². The smallest absolute Gasteiger partial charge is 0.213 e. The fourth-order valence-corrected chi connectivity index (χ4v) is 1.99.